The number of imidazole rings is 1. The number of ketones is 1. The number of rotatable bonds is 5. The molecule has 5 heteroatoms. The minimum atomic E-state index is 0.0278. The van der Waals surface area contributed by atoms with Crippen LogP contribution >= 0.6 is 0 Å². The van der Waals surface area contributed by atoms with E-state index in [2.05, 4.69) is 15.3 Å². The number of nitrogen functional groups attached to an aromatic ring is 1. The molecule has 5 nitrogen and oxygen atoms in total. The quantitative estimate of drug-likeness (QED) is 0.378. The molecule has 0 aliphatic rings. The van der Waals surface area contributed by atoms with Crippen LogP contribution in [-0.2, 0) is 6.54 Å². The summed E-state index contributed by atoms with van der Waals surface area (Å²) in [6.07, 6.45) is 0. The number of carbonyl (C=O) groups excluding carboxylic acids is 1. The van der Waals surface area contributed by atoms with Crippen LogP contribution in [0.1, 0.15) is 21.5 Å². The summed E-state index contributed by atoms with van der Waals surface area (Å²) in [6, 6.07) is 22.5. The average Bonchev–Trinajstić information content (AvgIpc) is 3.09. The Bertz CT molecular complexity index is 1050. The third kappa shape index (κ3) is 3.28. The highest BCUT2D eigenvalue weighted by atomic mass is 16.1. The Kier molecular flexibility index (Phi) is 4.11. The molecule has 128 valence electrons. The van der Waals surface area contributed by atoms with E-state index in [9.17, 15) is 4.79 Å². The first-order valence-corrected chi connectivity index (χ1v) is 8.37. The van der Waals surface area contributed by atoms with Gasteiger partial charge in [-0.05, 0) is 23.8 Å². The summed E-state index contributed by atoms with van der Waals surface area (Å²) in [7, 11) is 0. The molecule has 0 aliphatic carbocycles. The van der Waals surface area contributed by atoms with Crippen molar-refractivity contribution in [3.05, 3.63) is 89.5 Å². The Hall–Kier alpha value is -3.60. The first-order chi connectivity index (χ1) is 12.7. The van der Waals surface area contributed by atoms with Crippen LogP contribution in [0.4, 0.5) is 11.6 Å². The van der Waals surface area contributed by atoms with Crippen molar-refractivity contribution in [2.45, 2.75) is 6.54 Å². The molecule has 0 bridgehead atoms. The molecule has 4 rings (SSSR count). The van der Waals surface area contributed by atoms with Gasteiger partial charge in [0.1, 0.15) is 0 Å². The highest BCUT2D eigenvalue weighted by Gasteiger charge is 2.08. The zero-order valence-corrected chi connectivity index (χ0v) is 14.1. The van der Waals surface area contributed by atoms with Crippen molar-refractivity contribution in [3.8, 4) is 0 Å². The summed E-state index contributed by atoms with van der Waals surface area (Å²) in [5.74, 6) is 0.718. The summed E-state index contributed by atoms with van der Waals surface area (Å²) in [5.41, 5.74) is 10.7. The van der Waals surface area contributed by atoms with Crippen molar-refractivity contribution < 1.29 is 4.79 Å². The summed E-state index contributed by atoms with van der Waals surface area (Å²) >= 11 is 0. The number of anilines is 2. The summed E-state index contributed by atoms with van der Waals surface area (Å²) in [5, 5.41) is 3.26. The number of hydrogen-bond donors (Lipinski definition) is 3. The van der Waals surface area contributed by atoms with Gasteiger partial charge in [-0.25, -0.2) is 4.98 Å². The smallest absolute Gasteiger partial charge is 0.201 e. The van der Waals surface area contributed by atoms with E-state index in [0.29, 0.717) is 29.3 Å². The van der Waals surface area contributed by atoms with E-state index in [1.807, 2.05) is 72.8 Å². The van der Waals surface area contributed by atoms with Crippen LogP contribution in [0.5, 0.6) is 0 Å². The molecule has 4 aromatic rings. The van der Waals surface area contributed by atoms with Crippen LogP contribution in [0, 0.1) is 0 Å². The van der Waals surface area contributed by atoms with Crippen molar-refractivity contribution in [2.75, 3.05) is 11.1 Å². The topological polar surface area (TPSA) is 83.8 Å². The van der Waals surface area contributed by atoms with Gasteiger partial charge in [0.2, 0.25) is 5.95 Å². The Labute approximate surface area is 150 Å². The van der Waals surface area contributed by atoms with Gasteiger partial charge >= 0.3 is 0 Å². The minimum absolute atomic E-state index is 0.0278. The molecular weight excluding hydrogens is 324 g/mol. The van der Waals surface area contributed by atoms with Gasteiger partial charge in [-0.2, -0.15) is 0 Å². The van der Waals surface area contributed by atoms with Crippen LogP contribution in [0.25, 0.3) is 11.0 Å². The molecule has 0 spiro atoms. The van der Waals surface area contributed by atoms with E-state index in [-0.39, 0.29) is 5.78 Å². The maximum atomic E-state index is 12.4. The molecule has 0 atom stereocenters. The van der Waals surface area contributed by atoms with E-state index in [4.69, 9.17) is 5.73 Å². The standard InChI is InChI=1S/C21H18N4O/c22-17-10-11-18-19(12-17)25-21(24-18)23-13-14-6-8-16(9-7-14)20(26)15-4-2-1-3-5-15/h1-12H,13,22H2,(H2,23,24,25). The lowest BCUT2D eigenvalue weighted by molar-refractivity contribution is 0.103. The number of carbonyl (C=O) groups is 1. The summed E-state index contributed by atoms with van der Waals surface area (Å²) < 4.78 is 0. The highest BCUT2D eigenvalue weighted by Crippen LogP contribution is 2.18. The molecular formula is C21H18N4O. The molecule has 0 fully saturated rings. The summed E-state index contributed by atoms with van der Waals surface area (Å²) in [6.45, 7) is 0.606. The number of nitrogens with two attached hydrogens (primary N) is 1. The van der Waals surface area contributed by atoms with Crippen LogP contribution in [0.3, 0.4) is 0 Å². The van der Waals surface area contributed by atoms with Gasteiger partial charge in [0.25, 0.3) is 0 Å². The maximum Gasteiger partial charge on any atom is 0.201 e. The Morgan fingerprint density at radius 3 is 2.46 bits per heavy atom. The molecule has 0 amide bonds. The molecule has 0 saturated heterocycles. The van der Waals surface area contributed by atoms with Crippen LogP contribution in [0.2, 0.25) is 0 Å². The molecule has 0 unspecified atom stereocenters. The van der Waals surface area contributed by atoms with Crippen molar-refractivity contribution in [1.29, 1.82) is 0 Å². The van der Waals surface area contributed by atoms with E-state index >= 15 is 0 Å². The lowest BCUT2D eigenvalue weighted by atomic mass is 10.0. The van der Waals surface area contributed by atoms with Gasteiger partial charge in [0.05, 0.1) is 11.0 Å². The number of benzene rings is 3. The molecule has 0 radical (unpaired) electrons. The number of nitrogens with zero attached hydrogens (tertiary/aromatic N) is 1. The van der Waals surface area contributed by atoms with E-state index < -0.39 is 0 Å². The van der Waals surface area contributed by atoms with Gasteiger partial charge in [0, 0.05) is 23.4 Å². The first kappa shape index (κ1) is 15.9. The number of hydrogen-bond acceptors (Lipinski definition) is 4. The van der Waals surface area contributed by atoms with Crippen LogP contribution in [0.15, 0.2) is 72.8 Å². The monoisotopic (exact) mass is 342 g/mol. The molecule has 4 N–H and O–H groups in total. The van der Waals surface area contributed by atoms with E-state index in [0.717, 1.165) is 16.6 Å². The predicted octanol–water partition coefficient (Wildman–Crippen LogP) is 3.99. The maximum absolute atomic E-state index is 12.4. The number of aromatic nitrogens is 2. The third-order valence-electron chi connectivity index (χ3n) is 4.22. The molecule has 0 saturated carbocycles. The number of fused-ring (bicyclic) bond motifs is 1. The third-order valence-corrected chi connectivity index (χ3v) is 4.22. The predicted molar refractivity (Wildman–Crippen MR) is 104 cm³/mol. The number of H-pyrrole nitrogens is 1. The Balaban J connectivity index is 1.44. The van der Waals surface area contributed by atoms with Gasteiger partial charge in [0.15, 0.2) is 5.78 Å². The van der Waals surface area contributed by atoms with Gasteiger partial charge in [-0.3, -0.25) is 4.79 Å². The van der Waals surface area contributed by atoms with Crippen molar-refractivity contribution >= 4 is 28.5 Å². The second-order valence-corrected chi connectivity index (χ2v) is 6.11. The molecule has 1 heterocycles. The Morgan fingerprint density at radius 2 is 1.69 bits per heavy atom. The fraction of sp³-hybridized carbons (Fsp3) is 0.0476. The molecule has 26 heavy (non-hydrogen) atoms. The molecule has 0 aliphatic heterocycles. The largest absolute Gasteiger partial charge is 0.399 e. The average molecular weight is 342 g/mol. The van der Waals surface area contributed by atoms with Crippen molar-refractivity contribution in [3.63, 3.8) is 0 Å². The second kappa shape index (κ2) is 6.72. The minimum Gasteiger partial charge on any atom is -0.399 e. The van der Waals surface area contributed by atoms with Gasteiger partial charge in [-0.15, -0.1) is 0 Å². The van der Waals surface area contributed by atoms with Gasteiger partial charge < -0.3 is 16.0 Å². The van der Waals surface area contributed by atoms with Crippen LogP contribution in [-0.4, -0.2) is 15.8 Å². The molecule has 3 aromatic carbocycles. The van der Waals surface area contributed by atoms with E-state index in [1.54, 1.807) is 0 Å². The fourth-order valence-corrected chi connectivity index (χ4v) is 2.83. The van der Waals surface area contributed by atoms with Crippen LogP contribution < -0.4 is 11.1 Å². The number of nitrogens with one attached hydrogen (secondary N) is 2. The Morgan fingerprint density at radius 1 is 0.962 bits per heavy atom. The van der Waals surface area contributed by atoms with Crippen molar-refractivity contribution in [1.82, 2.24) is 9.97 Å². The normalized spacial score (nSPS) is 10.8. The summed E-state index contributed by atoms with van der Waals surface area (Å²) in [4.78, 5) is 20.1. The van der Waals surface area contributed by atoms with Gasteiger partial charge in [-0.1, -0.05) is 54.6 Å². The van der Waals surface area contributed by atoms with Crippen molar-refractivity contribution in [2.24, 2.45) is 0 Å². The zero-order chi connectivity index (χ0) is 17.9. The highest BCUT2D eigenvalue weighted by molar-refractivity contribution is 6.08. The SMILES string of the molecule is Nc1ccc2nc(NCc3ccc(C(=O)c4ccccc4)cc3)[nH]c2c1. The molecule has 1 aromatic heterocycles. The fourth-order valence-electron chi connectivity index (χ4n) is 2.83. The lowest BCUT2D eigenvalue weighted by Crippen LogP contribution is -2.03. The second-order valence-electron chi connectivity index (χ2n) is 6.11. The lowest BCUT2D eigenvalue weighted by Gasteiger charge is -2.05. The number of aromatic amines is 1. The first-order valence-electron chi connectivity index (χ1n) is 8.37. The zero-order valence-electron chi connectivity index (χ0n) is 14.1. The van der Waals surface area contributed by atoms with E-state index in [1.165, 1.54) is 0 Å².